The number of rotatable bonds is 4. The van der Waals surface area contributed by atoms with Crippen LogP contribution in [0.4, 0.5) is 5.69 Å². The van der Waals surface area contributed by atoms with Gasteiger partial charge in [0.2, 0.25) is 5.91 Å². The van der Waals surface area contributed by atoms with Crippen molar-refractivity contribution in [3.63, 3.8) is 0 Å². The molecular weight excluding hydrogens is 362 g/mol. The van der Waals surface area contributed by atoms with E-state index >= 15 is 0 Å². The van der Waals surface area contributed by atoms with Crippen LogP contribution in [0.3, 0.4) is 0 Å². The van der Waals surface area contributed by atoms with E-state index in [9.17, 15) is 9.59 Å². The highest BCUT2D eigenvalue weighted by atomic mass is 32.2. The predicted molar refractivity (Wildman–Crippen MR) is 107 cm³/mol. The third-order valence-electron chi connectivity index (χ3n) is 4.30. The molecule has 136 valence electrons. The molecular formula is C20H17N3O3S. The Balaban J connectivity index is 1.71. The smallest absolute Gasteiger partial charge is 0.347 e. The highest BCUT2D eigenvalue weighted by Gasteiger charge is 2.15. The van der Waals surface area contributed by atoms with Gasteiger partial charge in [0.25, 0.3) is 0 Å². The first-order valence-electron chi connectivity index (χ1n) is 8.38. The largest absolute Gasteiger partial charge is 0.422 e. The molecule has 0 fully saturated rings. The zero-order chi connectivity index (χ0) is 19.0. The Morgan fingerprint density at radius 2 is 2.07 bits per heavy atom. The molecule has 2 aromatic carbocycles. The summed E-state index contributed by atoms with van der Waals surface area (Å²) in [5, 5.41) is 8.25. The third kappa shape index (κ3) is 3.33. The lowest BCUT2D eigenvalue weighted by Crippen LogP contribution is -2.19. The molecule has 2 heterocycles. The van der Waals surface area contributed by atoms with Gasteiger partial charge in [0.05, 0.1) is 11.7 Å². The molecule has 4 rings (SSSR count). The van der Waals surface area contributed by atoms with Crippen molar-refractivity contribution >= 4 is 45.2 Å². The minimum Gasteiger partial charge on any atom is -0.422 e. The first-order chi connectivity index (χ1) is 13.0. The molecule has 0 aliphatic heterocycles. The molecule has 0 radical (unpaired) electrons. The van der Waals surface area contributed by atoms with Gasteiger partial charge >= 0.3 is 5.63 Å². The number of thioether (sulfide) groups is 1. The second-order valence-electron chi connectivity index (χ2n) is 6.23. The van der Waals surface area contributed by atoms with E-state index < -0.39 is 5.63 Å². The standard InChI is InChI=1S/C20H17N3O3S/c1-12-6-7-17-15(8-12)19-16(20(25)26-17)10-21-23(19)11-18(24)22-13-4-3-5-14(9-13)27-2/h3-10H,11H2,1-2H3,(H,22,24). The number of amides is 1. The number of anilines is 1. The van der Waals surface area contributed by atoms with Crippen molar-refractivity contribution < 1.29 is 9.21 Å². The van der Waals surface area contributed by atoms with E-state index in [1.807, 2.05) is 49.6 Å². The third-order valence-corrected chi connectivity index (χ3v) is 5.02. The maximum absolute atomic E-state index is 12.5. The van der Waals surface area contributed by atoms with Gasteiger partial charge in [-0.25, -0.2) is 4.79 Å². The lowest BCUT2D eigenvalue weighted by atomic mass is 10.1. The van der Waals surface area contributed by atoms with Crippen LogP contribution in [-0.4, -0.2) is 21.9 Å². The lowest BCUT2D eigenvalue weighted by molar-refractivity contribution is -0.116. The number of aryl methyl sites for hydroxylation is 1. The van der Waals surface area contributed by atoms with Crippen LogP contribution in [0.5, 0.6) is 0 Å². The van der Waals surface area contributed by atoms with Crippen molar-refractivity contribution in [2.45, 2.75) is 18.4 Å². The number of aromatic nitrogens is 2. The molecule has 0 atom stereocenters. The van der Waals surface area contributed by atoms with Crippen LogP contribution in [0.1, 0.15) is 5.56 Å². The van der Waals surface area contributed by atoms with Crippen molar-refractivity contribution in [3.8, 4) is 0 Å². The zero-order valence-electron chi connectivity index (χ0n) is 14.9. The minimum absolute atomic E-state index is 0.000505. The van der Waals surface area contributed by atoms with E-state index in [2.05, 4.69) is 10.4 Å². The molecule has 0 saturated heterocycles. The molecule has 0 bridgehead atoms. The number of nitrogens with one attached hydrogen (secondary N) is 1. The summed E-state index contributed by atoms with van der Waals surface area (Å²) in [6.45, 7) is 1.96. The monoisotopic (exact) mass is 379 g/mol. The van der Waals surface area contributed by atoms with E-state index in [1.165, 1.54) is 6.20 Å². The molecule has 7 heteroatoms. The highest BCUT2D eigenvalue weighted by Crippen LogP contribution is 2.24. The van der Waals surface area contributed by atoms with Gasteiger partial charge in [-0.1, -0.05) is 17.7 Å². The molecule has 1 N–H and O–H groups in total. The minimum atomic E-state index is -0.458. The second kappa shape index (κ2) is 6.92. The predicted octanol–water partition coefficient (Wildman–Crippen LogP) is 3.81. The van der Waals surface area contributed by atoms with Gasteiger partial charge in [-0.05, 0) is 43.5 Å². The normalized spacial score (nSPS) is 11.2. The van der Waals surface area contributed by atoms with Gasteiger partial charge in [-0.3, -0.25) is 9.48 Å². The molecule has 2 aromatic heterocycles. The molecule has 0 aliphatic rings. The fourth-order valence-electron chi connectivity index (χ4n) is 3.05. The van der Waals surface area contributed by atoms with E-state index in [1.54, 1.807) is 22.5 Å². The van der Waals surface area contributed by atoms with Crippen LogP contribution in [0.2, 0.25) is 0 Å². The quantitative estimate of drug-likeness (QED) is 0.431. The van der Waals surface area contributed by atoms with Gasteiger partial charge in [-0.15, -0.1) is 11.8 Å². The first kappa shape index (κ1) is 17.4. The number of hydrogen-bond acceptors (Lipinski definition) is 5. The summed E-state index contributed by atoms with van der Waals surface area (Å²) in [4.78, 5) is 25.8. The van der Waals surface area contributed by atoms with Crippen LogP contribution in [0, 0.1) is 6.92 Å². The first-order valence-corrected chi connectivity index (χ1v) is 9.60. The number of hydrogen-bond donors (Lipinski definition) is 1. The second-order valence-corrected chi connectivity index (χ2v) is 7.11. The van der Waals surface area contributed by atoms with Crippen LogP contribution < -0.4 is 10.9 Å². The number of nitrogens with zero attached hydrogens (tertiary/aromatic N) is 2. The summed E-state index contributed by atoms with van der Waals surface area (Å²) in [5.74, 6) is -0.215. The molecule has 0 unspecified atom stereocenters. The SMILES string of the molecule is CSc1cccc(NC(=O)Cn2ncc3c(=O)oc4ccc(C)cc4c32)c1. The molecule has 4 aromatic rings. The van der Waals surface area contributed by atoms with Crippen LogP contribution in [-0.2, 0) is 11.3 Å². The van der Waals surface area contributed by atoms with Gasteiger partial charge < -0.3 is 9.73 Å². The van der Waals surface area contributed by atoms with Gasteiger partial charge in [0.15, 0.2) is 0 Å². The summed E-state index contributed by atoms with van der Waals surface area (Å²) in [6.07, 6.45) is 3.43. The Kier molecular flexibility index (Phi) is 4.45. The number of benzene rings is 2. The van der Waals surface area contributed by atoms with E-state index in [0.29, 0.717) is 16.5 Å². The zero-order valence-corrected chi connectivity index (χ0v) is 15.7. The molecule has 0 saturated carbocycles. The molecule has 27 heavy (non-hydrogen) atoms. The van der Waals surface area contributed by atoms with Crippen LogP contribution in [0.15, 0.2) is 62.8 Å². The summed E-state index contributed by atoms with van der Waals surface area (Å²) >= 11 is 1.61. The van der Waals surface area contributed by atoms with Crippen molar-refractivity contribution in [2.24, 2.45) is 0 Å². The van der Waals surface area contributed by atoms with Gasteiger partial charge in [0.1, 0.15) is 17.5 Å². The lowest BCUT2D eigenvalue weighted by Gasteiger charge is -2.08. The topological polar surface area (TPSA) is 77.1 Å². The highest BCUT2D eigenvalue weighted by molar-refractivity contribution is 7.98. The van der Waals surface area contributed by atoms with E-state index in [4.69, 9.17) is 4.42 Å². The summed E-state index contributed by atoms with van der Waals surface area (Å²) < 4.78 is 6.90. The maximum atomic E-state index is 12.5. The summed E-state index contributed by atoms with van der Waals surface area (Å²) in [7, 11) is 0. The molecule has 0 spiro atoms. The van der Waals surface area contributed by atoms with Crippen molar-refractivity contribution in [1.82, 2.24) is 9.78 Å². The number of carbonyl (C=O) groups excluding carboxylic acids is 1. The fraction of sp³-hybridized carbons (Fsp3) is 0.150. The summed E-state index contributed by atoms with van der Waals surface area (Å²) in [6, 6.07) is 13.2. The summed E-state index contributed by atoms with van der Waals surface area (Å²) in [5.41, 5.74) is 2.39. The number of fused-ring (bicyclic) bond motifs is 3. The van der Waals surface area contributed by atoms with E-state index in [-0.39, 0.29) is 12.5 Å². The van der Waals surface area contributed by atoms with Crippen LogP contribution in [0.25, 0.3) is 21.9 Å². The Hall–Kier alpha value is -3.06. The fourth-order valence-corrected chi connectivity index (χ4v) is 3.51. The Morgan fingerprint density at radius 3 is 2.89 bits per heavy atom. The maximum Gasteiger partial charge on any atom is 0.347 e. The van der Waals surface area contributed by atoms with Crippen LogP contribution >= 0.6 is 11.8 Å². The van der Waals surface area contributed by atoms with Gasteiger partial charge in [-0.2, -0.15) is 5.10 Å². The van der Waals surface area contributed by atoms with E-state index in [0.717, 1.165) is 21.5 Å². The Labute approximate surface area is 159 Å². The molecule has 0 aliphatic carbocycles. The van der Waals surface area contributed by atoms with Crippen molar-refractivity contribution in [2.75, 3.05) is 11.6 Å². The Morgan fingerprint density at radius 1 is 1.22 bits per heavy atom. The molecule has 1 amide bonds. The average molecular weight is 379 g/mol. The average Bonchev–Trinajstić information content (AvgIpc) is 3.07. The van der Waals surface area contributed by atoms with Gasteiger partial charge in [0, 0.05) is 16.0 Å². The van der Waals surface area contributed by atoms with Crippen molar-refractivity contribution in [1.29, 1.82) is 0 Å². The van der Waals surface area contributed by atoms with Crippen molar-refractivity contribution in [3.05, 3.63) is 64.6 Å². The Bertz CT molecular complexity index is 1230. The number of carbonyl (C=O) groups is 1. The molecule has 6 nitrogen and oxygen atoms in total.